The first-order chi connectivity index (χ1) is 12.0. The molecular weight excluding hydrogens is 361 g/mol. The van der Waals surface area contributed by atoms with Gasteiger partial charge in [0.25, 0.3) is 5.91 Å². The third kappa shape index (κ3) is 4.57. The number of benzene rings is 2. The Balaban J connectivity index is 1.51. The van der Waals surface area contributed by atoms with Crippen molar-refractivity contribution in [1.82, 2.24) is 0 Å². The Morgan fingerprint density at radius 2 is 1.84 bits per heavy atom. The minimum absolute atomic E-state index is 0.0515. The van der Waals surface area contributed by atoms with E-state index in [2.05, 4.69) is 10.2 Å². The normalized spacial score (nSPS) is 15.2. The molecule has 5 nitrogen and oxygen atoms in total. The number of phenolic OH excluding ortho intramolecular Hbond substituents is 1. The lowest BCUT2D eigenvalue weighted by atomic mass is 10.2. The second-order valence-electron chi connectivity index (χ2n) is 6.08. The van der Waals surface area contributed by atoms with E-state index in [1.807, 2.05) is 18.2 Å². The predicted molar refractivity (Wildman–Crippen MR) is 101 cm³/mol. The zero-order valence-corrected chi connectivity index (χ0v) is 15.1. The Morgan fingerprint density at radius 3 is 2.52 bits per heavy atom. The van der Waals surface area contributed by atoms with Crippen molar-refractivity contribution in [3.63, 3.8) is 0 Å². The van der Waals surface area contributed by atoms with Gasteiger partial charge in [0, 0.05) is 5.69 Å². The van der Waals surface area contributed by atoms with Gasteiger partial charge in [-0.05, 0) is 30.3 Å². The molecular formula is C18H20Cl2N3O2+. The van der Waals surface area contributed by atoms with Crippen molar-refractivity contribution in [2.45, 2.75) is 0 Å². The number of phenols is 1. The lowest BCUT2D eigenvalue weighted by molar-refractivity contribution is -0.892. The number of aromatic hydroxyl groups is 1. The molecule has 132 valence electrons. The van der Waals surface area contributed by atoms with Crippen molar-refractivity contribution in [3.8, 4) is 5.75 Å². The van der Waals surface area contributed by atoms with Crippen LogP contribution in [0.5, 0.6) is 5.75 Å². The number of carbonyl (C=O) groups excluding carboxylic acids is 1. The quantitative estimate of drug-likeness (QED) is 0.760. The van der Waals surface area contributed by atoms with Crippen LogP contribution in [0.15, 0.2) is 42.5 Å². The van der Waals surface area contributed by atoms with E-state index in [1.54, 1.807) is 24.3 Å². The Morgan fingerprint density at radius 1 is 1.12 bits per heavy atom. The first kappa shape index (κ1) is 17.9. The number of amides is 1. The van der Waals surface area contributed by atoms with Gasteiger partial charge in [0.2, 0.25) is 0 Å². The van der Waals surface area contributed by atoms with Crippen LogP contribution in [0.25, 0.3) is 0 Å². The van der Waals surface area contributed by atoms with Gasteiger partial charge in [0.15, 0.2) is 6.54 Å². The molecule has 0 radical (unpaired) electrons. The summed E-state index contributed by atoms with van der Waals surface area (Å²) in [4.78, 5) is 15.6. The Hall–Kier alpha value is -1.95. The molecule has 0 bridgehead atoms. The van der Waals surface area contributed by atoms with Crippen LogP contribution < -0.4 is 15.1 Å². The number of anilines is 2. The first-order valence-electron chi connectivity index (χ1n) is 8.14. The zero-order chi connectivity index (χ0) is 17.8. The SMILES string of the molecule is O=C(C[NH+]1CCN(c2ccccc2O)CC1)Nc1ccc(Cl)c(Cl)c1. The van der Waals surface area contributed by atoms with Crippen LogP contribution in [0.3, 0.4) is 0 Å². The molecule has 0 saturated carbocycles. The summed E-state index contributed by atoms with van der Waals surface area (Å²) in [5.74, 6) is 0.243. The Kier molecular flexibility index (Phi) is 5.68. The number of piperazine rings is 1. The maximum atomic E-state index is 12.2. The van der Waals surface area contributed by atoms with Crippen LogP contribution >= 0.6 is 23.2 Å². The topological polar surface area (TPSA) is 57.0 Å². The number of para-hydroxylation sites is 2. The van der Waals surface area contributed by atoms with E-state index in [1.165, 1.54) is 4.90 Å². The van der Waals surface area contributed by atoms with E-state index >= 15 is 0 Å². The summed E-state index contributed by atoms with van der Waals surface area (Å²) in [7, 11) is 0. The summed E-state index contributed by atoms with van der Waals surface area (Å²) in [6.45, 7) is 3.67. The van der Waals surface area contributed by atoms with E-state index in [0.717, 1.165) is 31.9 Å². The lowest BCUT2D eigenvalue weighted by Gasteiger charge is -2.33. The lowest BCUT2D eigenvalue weighted by Crippen LogP contribution is -3.15. The predicted octanol–water partition coefficient (Wildman–Crippen LogP) is 2.04. The number of nitrogens with one attached hydrogen (secondary N) is 2. The highest BCUT2D eigenvalue weighted by Gasteiger charge is 2.23. The summed E-state index contributed by atoms with van der Waals surface area (Å²) < 4.78 is 0. The highest BCUT2D eigenvalue weighted by atomic mass is 35.5. The molecule has 1 amide bonds. The average molecular weight is 381 g/mol. The second-order valence-corrected chi connectivity index (χ2v) is 6.89. The van der Waals surface area contributed by atoms with Crippen molar-refractivity contribution >= 4 is 40.5 Å². The summed E-state index contributed by atoms with van der Waals surface area (Å²) in [6.07, 6.45) is 0. The van der Waals surface area contributed by atoms with Crippen LogP contribution in [0.1, 0.15) is 0 Å². The summed E-state index contributed by atoms with van der Waals surface area (Å²) in [5.41, 5.74) is 1.49. The third-order valence-corrected chi connectivity index (χ3v) is 5.05. The minimum Gasteiger partial charge on any atom is -0.506 e. The summed E-state index contributed by atoms with van der Waals surface area (Å²) in [6, 6.07) is 12.4. The number of nitrogens with zero attached hydrogens (tertiary/aromatic N) is 1. The Labute approximate surface area is 156 Å². The fraction of sp³-hybridized carbons (Fsp3) is 0.278. The van der Waals surface area contributed by atoms with Gasteiger partial charge in [-0.2, -0.15) is 0 Å². The average Bonchev–Trinajstić information content (AvgIpc) is 2.59. The molecule has 1 heterocycles. The largest absolute Gasteiger partial charge is 0.506 e. The van der Waals surface area contributed by atoms with Gasteiger partial charge in [-0.3, -0.25) is 4.79 Å². The maximum absolute atomic E-state index is 12.2. The highest BCUT2D eigenvalue weighted by Crippen LogP contribution is 2.26. The molecule has 0 aliphatic carbocycles. The van der Waals surface area contributed by atoms with Gasteiger partial charge in [-0.25, -0.2) is 0 Å². The number of quaternary nitrogens is 1. The molecule has 1 aliphatic rings. The van der Waals surface area contributed by atoms with E-state index in [0.29, 0.717) is 28.0 Å². The van der Waals surface area contributed by atoms with Crippen LogP contribution in [-0.2, 0) is 4.79 Å². The van der Waals surface area contributed by atoms with Crippen molar-refractivity contribution in [1.29, 1.82) is 0 Å². The maximum Gasteiger partial charge on any atom is 0.279 e. The van der Waals surface area contributed by atoms with Gasteiger partial charge in [0.1, 0.15) is 5.75 Å². The molecule has 0 atom stereocenters. The second kappa shape index (κ2) is 7.95. The number of carbonyl (C=O) groups is 1. The van der Waals surface area contributed by atoms with Crippen LogP contribution in [0.2, 0.25) is 10.0 Å². The van der Waals surface area contributed by atoms with Crippen LogP contribution in [0, 0.1) is 0 Å². The molecule has 0 aromatic heterocycles. The molecule has 3 N–H and O–H groups in total. The number of rotatable bonds is 4. The van der Waals surface area contributed by atoms with Crippen molar-refractivity contribution < 1.29 is 14.8 Å². The van der Waals surface area contributed by atoms with Gasteiger partial charge < -0.3 is 20.2 Å². The molecule has 1 fully saturated rings. The first-order valence-corrected chi connectivity index (χ1v) is 8.90. The smallest absolute Gasteiger partial charge is 0.279 e. The fourth-order valence-electron chi connectivity index (χ4n) is 2.98. The summed E-state index contributed by atoms with van der Waals surface area (Å²) in [5, 5.41) is 13.7. The molecule has 7 heteroatoms. The van der Waals surface area contributed by atoms with Crippen molar-refractivity contribution in [2.75, 3.05) is 42.9 Å². The number of halogens is 2. The molecule has 2 aromatic rings. The number of hydrogen-bond donors (Lipinski definition) is 3. The minimum atomic E-state index is -0.0515. The highest BCUT2D eigenvalue weighted by molar-refractivity contribution is 6.42. The van der Waals surface area contributed by atoms with Crippen molar-refractivity contribution in [2.24, 2.45) is 0 Å². The van der Waals surface area contributed by atoms with Gasteiger partial charge in [0.05, 0.1) is 41.9 Å². The van der Waals surface area contributed by atoms with Gasteiger partial charge >= 0.3 is 0 Å². The van der Waals surface area contributed by atoms with E-state index < -0.39 is 0 Å². The van der Waals surface area contributed by atoms with Crippen LogP contribution in [0.4, 0.5) is 11.4 Å². The molecule has 0 spiro atoms. The summed E-state index contributed by atoms with van der Waals surface area (Å²) >= 11 is 11.8. The molecule has 0 unspecified atom stereocenters. The molecule has 25 heavy (non-hydrogen) atoms. The monoisotopic (exact) mass is 380 g/mol. The van der Waals surface area contributed by atoms with E-state index in [9.17, 15) is 9.90 Å². The van der Waals surface area contributed by atoms with Gasteiger partial charge in [-0.1, -0.05) is 35.3 Å². The molecule has 2 aromatic carbocycles. The van der Waals surface area contributed by atoms with E-state index in [4.69, 9.17) is 23.2 Å². The molecule has 1 aliphatic heterocycles. The third-order valence-electron chi connectivity index (χ3n) is 4.31. The fourth-order valence-corrected chi connectivity index (χ4v) is 3.28. The molecule has 1 saturated heterocycles. The van der Waals surface area contributed by atoms with E-state index in [-0.39, 0.29) is 5.91 Å². The standard InChI is InChI=1S/C18H19Cl2N3O2/c19-14-6-5-13(11-15(14)20)21-18(25)12-22-7-9-23(10-8-22)16-3-1-2-4-17(16)24/h1-6,11,24H,7-10,12H2,(H,21,25)/p+1. The molecule has 3 rings (SSSR count). The Bertz CT molecular complexity index is 762. The number of hydrogen-bond acceptors (Lipinski definition) is 3. The van der Waals surface area contributed by atoms with Gasteiger partial charge in [-0.15, -0.1) is 0 Å². The zero-order valence-electron chi connectivity index (χ0n) is 13.6. The van der Waals surface area contributed by atoms with Crippen LogP contribution in [-0.4, -0.2) is 43.7 Å². The van der Waals surface area contributed by atoms with Crippen molar-refractivity contribution in [3.05, 3.63) is 52.5 Å².